The molecule has 0 bridgehead atoms. The van der Waals surface area contributed by atoms with E-state index in [0.717, 1.165) is 31.4 Å². The maximum absolute atomic E-state index is 11.2. The molecule has 4 nitrogen and oxygen atoms in total. The van der Waals surface area contributed by atoms with Crippen LogP contribution in [-0.4, -0.2) is 15.6 Å². The van der Waals surface area contributed by atoms with Crippen LogP contribution in [0.5, 0.6) is 0 Å². The summed E-state index contributed by atoms with van der Waals surface area (Å²) in [7, 11) is 0. The first-order valence-electron chi connectivity index (χ1n) is 7.48. The van der Waals surface area contributed by atoms with E-state index in [2.05, 4.69) is 40.3 Å². The highest BCUT2D eigenvalue weighted by atomic mass is 16.4. The van der Waals surface area contributed by atoms with E-state index in [1.807, 2.05) is 12.1 Å². The molecule has 1 spiro atoms. The number of hydrogen-bond donors (Lipinski definition) is 2. The number of carbonyl (C=O) groups is 1. The Kier molecular flexibility index (Phi) is 2.61. The molecular weight excluding hydrogens is 264 g/mol. The van der Waals surface area contributed by atoms with E-state index in [0.29, 0.717) is 0 Å². The van der Waals surface area contributed by atoms with Crippen molar-refractivity contribution in [2.24, 2.45) is 5.92 Å². The van der Waals surface area contributed by atoms with Crippen molar-refractivity contribution in [2.45, 2.75) is 31.2 Å². The minimum Gasteiger partial charge on any atom is -0.481 e. The molecule has 2 heterocycles. The van der Waals surface area contributed by atoms with Crippen molar-refractivity contribution in [1.29, 1.82) is 0 Å². The molecule has 0 unspecified atom stereocenters. The van der Waals surface area contributed by atoms with Crippen molar-refractivity contribution in [3.63, 3.8) is 0 Å². The third kappa shape index (κ3) is 1.78. The van der Waals surface area contributed by atoms with Crippen LogP contribution in [0.4, 0.5) is 5.69 Å². The van der Waals surface area contributed by atoms with Crippen molar-refractivity contribution < 1.29 is 9.90 Å². The minimum absolute atomic E-state index is 0.121. The van der Waals surface area contributed by atoms with Crippen LogP contribution in [0.1, 0.15) is 31.4 Å². The number of rotatable bonds is 1. The van der Waals surface area contributed by atoms with E-state index in [1.165, 1.54) is 11.4 Å². The largest absolute Gasteiger partial charge is 0.481 e. The summed E-state index contributed by atoms with van der Waals surface area (Å²) in [6, 6.07) is 12.5. The van der Waals surface area contributed by atoms with E-state index in [4.69, 9.17) is 0 Å². The van der Waals surface area contributed by atoms with Gasteiger partial charge >= 0.3 is 5.97 Å². The summed E-state index contributed by atoms with van der Waals surface area (Å²) in [5.74, 6) is -0.852. The SMILES string of the molecule is O=C(O)C1CCC2(CC1)Nc1ccccc1-n1cccc12. The van der Waals surface area contributed by atoms with Crippen LogP contribution < -0.4 is 5.32 Å². The Morgan fingerprint density at radius 2 is 1.95 bits per heavy atom. The molecule has 2 N–H and O–H groups in total. The Balaban J connectivity index is 1.75. The van der Waals surface area contributed by atoms with Crippen LogP contribution in [0.3, 0.4) is 0 Å². The molecule has 1 aromatic carbocycles. The molecule has 21 heavy (non-hydrogen) atoms. The highest BCUT2D eigenvalue weighted by Gasteiger charge is 2.43. The maximum atomic E-state index is 11.2. The van der Waals surface area contributed by atoms with Crippen molar-refractivity contribution in [1.82, 2.24) is 4.57 Å². The molecule has 1 aliphatic carbocycles. The van der Waals surface area contributed by atoms with Gasteiger partial charge in [-0.1, -0.05) is 12.1 Å². The molecule has 2 aliphatic rings. The molecule has 2 aromatic rings. The topological polar surface area (TPSA) is 54.3 Å². The normalized spacial score (nSPS) is 26.8. The quantitative estimate of drug-likeness (QED) is 0.843. The van der Waals surface area contributed by atoms with Gasteiger partial charge in [-0.05, 0) is 49.9 Å². The summed E-state index contributed by atoms with van der Waals surface area (Å²) in [6.45, 7) is 0. The zero-order chi connectivity index (χ0) is 14.4. The van der Waals surface area contributed by atoms with Crippen LogP contribution in [0.15, 0.2) is 42.6 Å². The van der Waals surface area contributed by atoms with Gasteiger partial charge in [0.15, 0.2) is 0 Å². The Morgan fingerprint density at radius 1 is 1.19 bits per heavy atom. The predicted octanol–water partition coefficient (Wildman–Crippen LogP) is 3.37. The van der Waals surface area contributed by atoms with Crippen molar-refractivity contribution in [2.75, 3.05) is 5.32 Å². The number of nitrogens with zero attached hydrogens (tertiary/aromatic N) is 1. The predicted molar refractivity (Wildman–Crippen MR) is 80.7 cm³/mol. The van der Waals surface area contributed by atoms with E-state index in [1.54, 1.807) is 0 Å². The first kappa shape index (κ1) is 12.5. The Morgan fingerprint density at radius 3 is 2.71 bits per heavy atom. The number of benzene rings is 1. The number of carboxylic acids is 1. The van der Waals surface area contributed by atoms with Crippen molar-refractivity contribution in [3.8, 4) is 5.69 Å². The average Bonchev–Trinajstić information content (AvgIpc) is 2.99. The lowest BCUT2D eigenvalue weighted by Crippen LogP contribution is -2.44. The zero-order valence-corrected chi connectivity index (χ0v) is 11.7. The number of nitrogens with one attached hydrogen (secondary N) is 1. The Hall–Kier alpha value is -2.23. The lowest BCUT2D eigenvalue weighted by Gasteiger charge is -2.44. The van der Waals surface area contributed by atoms with Crippen LogP contribution >= 0.6 is 0 Å². The molecule has 4 heteroatoms. The molecule has 108 valence electrons. The lowest BCUT2D eigenvalue weighted by atomic mass is 9.73. The summed E-state index contributed by atoms with van der Waals surface area (Å²) in [6.07, 6.45) is 5.29. The van der Waals surface area contributed by atoms with Gasteiger partial charge in [0.1, 0.15) is 0 Å². The van der Waals surface area contributed by atoms with Crippen molar-refractivity contribution >= 4 is 11.7 Å². The van der Waals surface area contributed by atoms with Gasteiger partial charge < -0.3 is 15.0 Å². The van der Waals surface area contributed by atoms with Gasteiger partial charge in [-0.2, -0.15) is 0 Å². The second-order valence-electron chi connectivity index (χ2n) is 6.10. The van der Waals surface area contributed by atoms with Crippen LogP contribution in [-0.2, 0) is 10.3 Å². The van der Waals surface area contributed by atoms with Crippen LogP contribution in [0.2, 0.25) is 0 Å². The van der Waals surface area contributed by atoms with Gasteiger partial charge in [-0.3, -0.25) is 4.79 Å². The first-order chi connectivity index (χ1) is 10.2. The molecule has 1 fully saturated rings. The second-order valence-corrected chi connectivity index (χ2v) is 6.10. The molecule has 0 amide bonds. The third-order valence-corrected chi connectivity index (χ3v) is 4.97. The molecule has 1 saturated carbocycles. The monoisotopic (exact) mass is 282 g/mol. The van der Waals surface area contributed by atoms with Gasteiger partial charge in [-0.15, -0.1) is 0 Å². The van der Waals surface area contributed by atoms with Gasteiger partial charge in [0.05, 0.1) is 22.8 Å². The second kappa shape index (κ2) is 4.38. The zero-order valence-electron chi connectivity index (χ0n) is 11.7. The van der Waals surface area contributed by atoms with E-state index in [-0.39, 0.29) is 11.5 Å². The average molecular weight is 282 g/mol. The summed E-state index contributed by atoms with van der Waals surface area (Å²) in [4.78, 5) is 11.2. The number of para-hydroxylation sites is 2. The summed E-state index contributed by atoms with van der Waals surface area (Å²) < 4.78 is 2.24. The molecule has 4 rings (SSSR count). The number of aliphatic carboxylic acids is 1. The summed E-state index contributed by atoms with van der Waals surface area (Å²) in [5.41, 5.74) is 3.44. The highest BCUT2D eigenvalue weighted by molar-refractivity contribution is 5.71. The van der Waals surface area contributed by atoms with Gasteiger partial charge in [0.25, 0.3) is 0 Å². The van der Waals surface area contributed by atoms with Crippen LogP contribution in [0, 0.1) is 5.92 Å². The molecular formula is C17H18N2O2. The fourth-order valence-corrected chi connectivity index (χ4v) is 3.83. The molecule has 0 saturated heterocycles. The number of fused-ring (bicyclic) bond motifs is 4. The first-order valence-corrected chi connectivity index (χ1v) is 7.48. The van der Waals surface area contributed by atoms with Gasteiger partial charge in [-0.25, -0.2) is 0 Å². The summed E-state index contributed by atoms with van der Waals surface area (Å²) >= 11 is 0. The smallest absolute Gasteiger partial charge is 0.306 e. The van der Waals surface area contributed by atoms with Crippen LogP contribution in [0.25, 0.3) is 5.69 Å². The highest BCUT2D eigenvalue weighted by Crippen LogP contribution is 2.46. The Labute approximate surface area is 123 Å². The Bertz CT molecular complexity index is 696. The van der Waals surface area contributed by atoms with E-state index in [9.17, 15) is 9.90 Å². The fourth-order valence-electron chi connectivity index (χ4n) is 3.83. The molecule has 0 atom stereocenters. The molecule has 1 aromatic heterocycles. The van der Waals surface area contributed by atoms with E-state index >= 15 is 0 Å². The summed E-state index contributed by atoms with van der Waals surface area (Å²) in [5, 5.41) is 12.9. The third-order valence-electron chi connectivity index (χ3n) is 4.97. The number of carboxylic acid groups (broad SMARTS) is 1. The standard InChI is InChI=1S/C17H18N2O2/c20-16(21)12-7-9-17(10-8-12)15-6-3-11-19(15)14-5-2-1-4-13(14)18-17/h1-6,11-12,18H,7-10H2,(H,20,21). The minimum atomic E-state index is -0.656. The number of hydrogen-bond acceptors (Lipinski definition) is 2. The van der Waals surface area contributed by atoms with E-state index < -0.39 is 5.97 Å². The molecule has 0 radical (unpaired) electrons. The number of anilines is 1. The molecule has 1 aliphatic heterocycles. The van der Waals surface area contributed by atoms with Gasteiger partial charge in [0, 0.05) is 11.9 Å². The van der Waals surface area contributed by atoms with Crippen molar-refractivity contribution in [3.05, 3.63) is 48.3 Å². The maximum Gasteiger partial charge on any atom is 0.306 e. The fraction of sp³-hybridized carbons (Fsp3) is 0.353. The number of aromatic nitrogens is 1. The van der Waals surface area contributed by atoms with Gasteiger partial charge in [0.2, 0.25) is 0 Å². The lowest BCUT2D eigenvalue weighted by molar-refractivity contribution is -0.143.